The maximum Gasteiger partial charge on any atom is 0.137 e. The summed E-state index contributed by atoms with van der Waals surface area (Å²) in [6.45, 7) is 3.88. The summed E-state index contributed by atoms with van der Waals surface area (Å²) in [6, 6.07) is 7.55. The lowest BCUT2D eigenvalue weighted by atomic mass is 9.83. The van der Waals surface area contributed by atoms with Crippen molar-refractivity contribution in [2.24, 2.45) is 11.7 Å². The van der Waals surface area contributed by atoms with Crippen LogP contribution in [-0.2, 0) is 12.2 Å². The van der Waals surface area contributed by atoms with E-state index in [1.165, 1.54) is 0 Å². The molecule has 16 heavy (non-hydrogen) atoms. The number of rotatable bonds is 3. The van der Waals surface area contributed by atoms with Crippen molar-refractivity contribution in [1.29, 1.82) is 0 Å². The van der Waals surface area contributed by atoms with Crippen LogP contribution < -0.4 is 11.1 Å². The van der Waals surface area contributed by atoms with Crippen LogP contribution >= 0.6 is 0 Å². The maximum atomic E-state index is 14.7. The van der Waals surface area contributed by atoms with Crippen LogP contribution in [-0.4, -0.2) is 13.1 Å². The van der Waals surface area contributed by atoms with Crippen molar-refractivity contribution in [2.75, 3.05) is 13.1 Å². The van der Waals surface area contributed by atoms with Crippen LogP contribution in [0.4, 0.5) is 4.39 Å². The van der Waals surface area contributed by atoms with Crippen molar-refractivity contribution in [3.8, 4) is 0 Å². The molecule has 0 spiro atoms. The Morgan fingerprint density at radius 3 is 2.62 bits per heavy atom. The second kappa shape index (κ2) is 4.52. The molecule has 1 heterocycles. The van der Waals surface area contributed by atoms with E-state index in [0.29, 0.717) is 6.54 Å². The van der Waals surface area contributed by atoms with E-state index in [0.717, 1.165) is 30.6 Å². The number of hydrogen-bond acceptors (Lipinski definition) is 2. The van der Waals surface area contributed by atoms with Crippen LogP contribution in [0, 0.1) is 5.92 Å². The molecule has 0 saturated carbocycles. The molecule has 2 atom stereocenters. The molecule has 0 aromatic heterocycles. The molecule has 0 amide bonds. The molecule has 1 aromatic carbocycles. The van der Waals surface area contributed by atoms with Crippen LogP contribution in [0.2, 0.25) is 0 Å². The van der Waals surface area contributed by atoms with Gasteiger partial charge in [-0.15, -0.1) is 0 Å². The SMILES string of the molecule is CC(F)(c1ccc(CN)cc1)C1CCNC1. The summed E-state index contributed by atoms with van der Waals surface area (Å²) in [5, 5.41) is 3.21. The normalized spacial score (nSPS) is 24.3. The summed E-state index contributed by atoms with van der Waals surface area (Å²) < 4.78 is 14.7. The molecule has 1 aromatic rings. The minimum atomic E-state index is -1.24. The van der Waals surface area contributed by atoms with E-state index < -0.39 is 5.67 Å². The Labute approximate surface area is 96.0 Å². The van der Waals surface area contributed by atoms with Crippen LogP contribution in [0.15, 0.2) is 24.3 Å². The van der Waals surface area contributed by atoms with Crippen LogP contribution in [0.3, 0.4) is 0 Å². The fourth-order valence-corrected chi connectivity index (χ4v) is 2.32. The van der Waals surface area contributed by atoms with Crippen molar-refractivity contribution in [1.82, 2.24) is 5.32 Å². The first-order valence-electron chi connectivity index (χ1n) is 5.83. The molecule has 88 valence electrons. The van der Waals surface area contributed by atoms with Gasteiger partial charge in [0.2, 0.25) is 0 Å². The summed E-state index contributed by atoms with van der Waals surface area (Å²) in [4.78, 5) is 0. The molecule has 0 bridgehead atoms. The molecule has 1 saturated heterocycles. The lowest BCUT2D eigenvalue weighted by molar-refractivity contribution is 0.112. The summed E-state index contributed by atoms with van der Waals surface area (Å²) in [5.74, 6) is 0.0798. The Bertz CT molecular complexity index is 339. The molecule has 3 heteroatoms. The van der Waals surface area contributed by atoms with Gasteiger partial charge in [-0.2, -0.15) is 0 Å². The van der Waals surface area contributed by atoms with Gasteiger partial charge >= 0.3 is 0 Å². The first-order chi connectivity index (χ1) is 7.64. The molecule has 3 N–H and O–H groups in total. The van der Waals surface area contributed by atoms with Crippen molar-refractivity contribution in [3.05, 3.63) is 35.4 Å². The van der Waals surface area contributed by atoms with Crippen molar-refractivity contribution >= 4 is 0 Å². The largest absolute Gasteiger partial charge is 0.326 e. The molecular formula is C13H19FN2. The van der Waals surface area contributed by atoms with Gasteiger partial charge in [-0.1, -0.05) is 24.3 Å². The average Bonchev–Trinajstić information content (AvgIpc) is 2.83. The van der Waals surface area contributed by atoms with Gasteiger partial charge in [-0.3, -0.25) is 0 Å². The summed E-state index contributed by atoms with van der Waals surface area (Å²) in [6.07, 6.45) is 0.908. The predicted octanol–water partition coefficient (Wildman–Crippen LogP) is 1.94. The van der Waals surface area contributed by atoms with Gasteiger partial charge in [-0.05, 0) is 31.0 Å². The lowest BCUT2D eigenvalue weighted by Gasteiger charge is -2.27. The second-order valence-corrected chi connectivity index (χ2v) is 4.67. The topological polar surface area (TPSA) is 38.0 Å². The van der Waals surface area contributed by atoms with E-state index in [1.54, 1.807) is 6.92 Å². The molecule has 1 aliphatic heterocycles. The predicted molar refractivity (Wildman–Crippen MR) is 63.8 cm³/mol. The highest BCUT2D eigenvalue weighted by atomic mass is 19.1. The Kier molecular flexibility index (Phi) is 3.26. The molecule has 1 fully saturated rings. The smallest absolute Gasteiger partial charge is 0.137 e. The van der Waals surface area contributed by atoms with Gasteiger partial charge in [-0.25, -0.2) is 4.39 Å². The molecule has 0 aliphatic carbocycles. The fraction of sp³-hybridized carbons (Fsp3) is 0.538. The van der Waals surface area contributed by atoms with Gasteiger partial charge < -0.3 is 11.1 Å². The number of benzene rings is 1. The first kappa shape index (κ1) is 11.6. The molecule has 0 radical (unpaired) electrons. The van der Waals surface area contributed by atoms with Gasteiger partial charge in [0.1, 0.15) is 5.67 Å². The zero-order valence-corrected chi connectivity index (χ0v) is 9.67. The van der Waals surface area contributed by atoms with Crippen molar-refractivity contribution in [2.45, 2.75) is 25.6 Å². The van der Waals surface area contributed by atoms with Crippen molar-refractivity contribution < 1.29 is 4.39 Å². The van der Waals surface area contributed by atoms with Crippen LogP contribution in [0.25, 0.3) is 0 Å². The van der Waals surface area contributed by atoms with E-state index in [-0.39, 0.29) is 5.92 Å². The molecule has 2 rings (SSSR count). The van der Waals surface area contributed by atoms with Crippen LogP contribution in [0.5, 0.6) is 0 Å². The standard InChI is InChI=1S/C13H19FN2/c1-13(14,12-6-7-16-9-12)11-4-2-10(8-15)3-5-11/h2-5,12,16H,6-9,15H2,1H3. The van der Waals surface area contributed by atoms with Gasteiger partial charge in [0.25, 0.3) is 0 Å². The third-order valence-corrected chi connectivity index (χ3v) is 3.58. The highest BCUT2D eigenvalue weighted by Crippen LogP contribution is 2.37. The maximum absolute atomic E-state index is 14.7. The summed E-state index contributed by atoms with van der Waals surface area (Å²) >= 11 is 0. The minimum Gasteiger partial charge on any atom is -0.326 e. The Morgan fingerprint density at radius 2 is 2.12 bits per heavy atom. The van der Waals surface area contributed by atoms with Crippen LogP contribution in [0.1, 0.15) is 24.5 Å². The van der Waals surface area contributed by atoms with Gasteiger partial charge in [0.15, 0.2) is 0 Å². The van der Waals surface area contributed by atoms with E-state index >= 15 is 0 Å². The number of halogens is 1. The van der Waals surface area contributed by atoms with E-state index in [4.69, 9.17) is 5.73 Å². The molecule has 2 unspecified atom stereocenters. The fourth-order valence-electron chi connectivity index (χ4n) is 2.32. The second-order valence-electron chi connectivity index (χ2n) is 4.67. The Balaban J connectivity index is 2.20. The summed E-state index contributed by atoms with van der Waals surface area (Å²) in [5.41, 5.74) is 6.10. The number of nitrogens with two attached hydrogens (primary N) is 1. The van der Waals surface area contributed by atoms with Crippen molar-refractivity contribution in [3.63, 3.8) is 0 Å². The van der Waals surface area contributed by atoms with E-state index in [2.05, 4.69) is 5.32 Å². The Morgan fingerprint density at radius 1 is 1.44 bits per heavy atom. The third kappa shape index (κ3) is 2.11. The lowest BCUT2D eigenvalue weighted by Crippen LogP contribution is -2.29. The first-order valence-corrected chi connectivity index (χ1v) is 5.83. The van der Waals surface area contributed by atoms with E-state index in [1.807, 2.05) is 24.3 Å². The Hall–Kier alpha value is -0.930. The van der Waals surface area contributed by atoms with E-state index in [9.17, 15) is 4.39 Å². The quantitative estimate of drug-likeness (QED) is 0.820. The number of alkyl halides is 1. The number of nitrogens with one attached hydrogen (secondary N) is 1. The highest BCUT2D eigenvalue weighted by molar-refractivity contribution is 5.27. The third-order valence-electron chi connectivity index (χ3n) is 3.58. The average molecular weight is 222 g/mol. The zero-order chi connectivity index (χ0) is 11.6. The molecule has 2 nitrogen and oxygen atoms in total. The monoisotopic (exact) mass is 222 g/mol. The zero-order valence-electron chi connectivity index (χ0n) is 9.67. The summed E-state index contributed by atoms with van der Waals surface area (Å²) in [7, 11) is 0. The molecular weight excluding hydrogens is 203 g/mol. The highest BCUT2D eigenvalue weighted by Gasteiger charge is 2.37. The number of hydrogen-bond donors (Lipinski definition) is 2. The van der Waals surface area contributed by atoms with Gasteiger partial charge in [0, 0.05) is 19.0 Å². The minimum absolute atomic E-state index is 0.0798. The molecule has 1 aliphatic rings. The van der Waals surface area contributed by atoms with Gasteiger partial charge in [0.05, 0.1) is 0 Å².